The maximum absolute atomic E-state index is 13.8. The monoisotopic (exact) mass is 387 g/mol. The van der Waals surface area contributed by atoms with Crippen molar-refractivity contribution in [2.45, 2.75) is 37.4 Å². The average Bonchev–Trinajstić information content (AvgIpc) is 3.03. The number of hydrogen-bond acceptors (Lipinski definition) is 3. The van der Waals surface area contributed by atoms with Gasteiger partial charge in [0.05, 0.1) is 5.56 Å². The van der Waals surface area contributed by atoms with Gasteiger partial charge in [0.1, 0.15) is 0 Å². The second-order valence-corrected chi connectivity index (χ2v) is 8.04. The Hall–Kier alpha value is -2.21. The van der Waals surface area contributed by atoms with Crippen LogP contribution in [0.15, 0.2) is 30.3 Å². The van der Waals surface area contributed by atoms with Crippen LogP contribution >= 0.6 is 0 Å². The summed E-state index contributed by atoms with van der Waals surface area (Å²) >= 11 is 0. The minimum absolute atomic E-state index is 0.273. The van der Waals surface area contributed by atoms with E-state index in [1.165, 1.54) is 22.9 Å². The Morgan fingerprint density at radius 1 is 1.18 bits per heavy atom. The summed E-state index contributed by atoms with van der Waals surface area (Å²) in [5.41, 5.74) is 4.60. The molecule has 1 fully saturated rings. The van der Waals surface area contributed by atoms with E-state index < -0.39 is 11.7 Å². The van der Waals surface area contributed by atoms with E-state index in [4.69, 9.17) is 0 Å². The average molecular weight is 387 g/mol. The summed E-state index contributed by atoms with van der Waals surface area (Å²) < 4.78 is 41.4. The summed E-state index contributed by atoms with van der Waals surface area (Å²) in [7, 11) is 1.64. The predicted octanol–water partition coefficient (Wildman–Crippen LogP) is 4.63. The third-order valence-electron chi connectivity index (χ3n) is 6.52. The van der Waals surface area contributed by atoms with Crippen molar-refractivity contribution in [1.29, 1.82) is 0 Å². The predicted molar refractivity (Wildman–Crippen MR) is 106 cm³/mol. The number of fused-ring (bicyclic) bond motifs is 3. The molecular formula is C22H24F3N3. The first-order valence-corrected chi connectivity index (χ1v) is 10.0. The Morgan fingerprint density at radius 2 is 2.04 bits per heavy atom. The van der Waals surface area contributed by atoms with Crippen LogP contribution in [0.3, 0.4) is 0 Å². The van der Waals surface area contributed by atoms with Crippen LogP contribution in [-0.4, -0.2) is 32.7 Å². The van der Waals surface area contributed by atoms with Crippen molar-refractivity contribution >= 4 is 11.4 Å². The standard InChI is InChI=1S/C22H24F3N3/c1-26-15-4-5-16(19(11-15)22(23,24)25)14-9-13-3-2-8-28-20-6-7-27-12-18(20)17(10-14)21(13)28/h4-5,9-11,18,20,26-27H,2-3,6-8,12H2,1H3/t18-,20-/m0/s1. The van der Waals surface area contributed by atoms with Crippen molar-refractivity contribution in [1.82, 2.24) is 5.32 Å². The highest BCUT2D eigenvalue weighted by atomic mass is 19.4. The van der Waals surface area contributed by atoms with Crippen LogP contribution in [0, 0.1) is 0 Å². The fourth-order valence-corrected chi connectivity index (χ4v) is 5.30. The SMILES string of the molecule is CNc1ccc(-c2cc3c4c(c2)[C@@H]2CNCC[C@@H]2N4CCC3)c(C(F)(F)F)c1. The maximum Gasteiger partial charge on any atom is 0.417 e. The van der Waals surface area contributed by atoms with Gasteiger partial charge in [0.15, 0.2) is 0 Å². The number of benzene rings is 2. The fraction of sp³-hybridized carbons (Fsp3) is 0.455. The van der Waals surface area contributed by atoms with Crippen LogP contribution in [-0.2, 0) is 12.6 Å². The van der Waals surface area contributed by atoms with E-state index in [2.05, 4.69) is 15.5 Å². The largest absolute Gasteiger partial charge is 0.417 e. The van der Waals surface area contributed by atoms with Crippen LogP contribution in [0.2, 0.25) is 0 Å². The molecule has 28 heavy (non-hydrogen) atoms. The smallest absolute Gasteiger partial charge is 0.388 e. The van der Waals surface area contributed by atoms with Crippen LogP contribution < -0.4 is 15.5 Å². The van der Waals surface area contributed by atoms with Crippen molar-refractivity contribution in [2.24, 2.45) is 0 Å². The molecule has 6 heteroatoms. The summed E-state index contributed by atoms with van der Waals surface area (Å²) in [4.78, 5) is 2.53. The molecule has 2 aromatic carbocycles. The third kappa shape index (κ3) is 2.69. The molecule has 148 valence electrons. The van der Waals surface area contributed by atoms with Gasteiger partial charge >= 0.3 is 6.18 Å². The molecule has 5 rings (SSSR count). The molecule has 0 amide bonds. The number of nitrogens with one attached hydrogen (secondary N) is 2. The Labute approximate surface area is 162 Å². The maximum atomic E-state index is 13.8. The first-order chi connectivity index (χ1) is 13.5. The Bertz CT molecular complexity index is 922. The van der Waals surface area contributed by atoms with Crippen molar-refractivity contribution in [3.63, 3.8) is 0 Å². The normalized spacial score (nSPS) is 23.4. The number of nitrogens with zero attached hydrogens (tertiary/aromatic N) is 1. The Balaban J connectivity index is 1.68. The molecule has 3 aliphatic rings. The lowest BCUT2D eigenvalue weighted by molar-refractivity contribution is -0.137. The molecule has 0 aliphatic carbocycles. The van der Waals surface area contributed by atoms with Crippen LogP contribution in [0.25, 0.3) is 11.1 Å². The molecule has 3 nitrogen and oxygen atoms in total. The van der Waals surface area contributed by atoms with Crippen LogP contribution in [0.5, 0.6) is 0 Å². The molecule has 0 spiro atoms. The summed E-state index contributed by atoms with van der Waals surface area (Å²) in [6, 6.07) is 9.05. The number of alkyl halides is 3. The van der Waals surface area contributed by atoms with Gasteiger partial charge in [-0.2, -0.15) is 13.2 Å². The van der Waals surface area contributed by atoms with E-state index in [-0.39, 0.29) is 5.56 Å². The number of piperidine rings is 1. The van der Waals surface area contributed by atoms with Gasteiger partial charge in [-0.25, -0.2) is 0 Å². The molecular weight excluding hydrogens is 363 g/mol. The van der Waals surface area contributed by atoms with Crippen molar-refractivity contribution in [3.8, 4) is 11.1 Å². The molecule has 2 aromatic rings. The zero-order valence-corrected chi connectivity index (χ0v) is 15.9. The second-order valence-electron chi connectivity index (χ2n) is 8.04. The topological polar surface area (TPSA) is 27.3 Å². The van der Waals surface area contributed by atoms with Gasteiger partial charge in [0.2, 0.25) is 0 Å². The van der Waals surface area contributed by atoms with Gasteiger partial charge in [0.25, 0.3) is 0 Å². The van der Waals surface area contributed by atoms with E-state index in [9.17, 15) is 13.2 Å². The van der Waals surface area contributed by atoms with Gasteiger partial charge in [-0.15, -0.1) is 0 Å². The number of anilines is 2. The first kappa shape index (κ1) is 17.9. The quantitative estimate of drug-likeness (QED) is 0.787. The lowest BCUT2D eigenvalue weighted by Crippen LogP contribution is -2.45. The Morgan fingerprint density at radius 3 is 2.82 bits per heavy atom. The van der Waals surface area contributed by atoms with Crippen molar-refractivity contribution in [2.75, 3.05) is 36.9 Å². The molecule has 1 saturated heterocycles. The minimum atomic E-state index is -4.39. The van der Waals surface area contributed by atoms with Crippen molar-refractivity contribution < 1.29 is 13.2 Å². The van der Waals surface area contributed by atoms with Crippen LogP contribution in [0.4, 0.5) is 24.5 Å². The lowest BCUT2D eigenvalue weighted by Gasteiger charge is -2.36. The summed E-state index contributed by atoms with van der Waals surface area (Å²) in [5.74, 6) is 0.367. The first-order valence-electron chi connectivity index (χ1n) is 10.0. The van der Waals surface area contributed by atoms with E-state index >= 15 is 0 Å². The molecule has 3 aliphatic heterocycles. The van der Waals surface area contributed by atoms with Crippen molar-refractivity contribution in [3.05, 3.63) is 47.0 Å². The molecule has 0 aromatic heterocycles. The third-order valence-corrected chi connectivity index (χ3v) is 6.52. The lowest BCUT2D eigenvalue weighted by atomic mass is 9.86. The fourth-order valence-electron chi connectivity index (χ4n) is 5.30. The number of rotatable bonds is 2. The number of aryl methyl sites for hydroxylation is 1. The summed E-state index contributed by atoms with van der Waals surface area (Å²) in [6.45, 7) is 2.98. The second kappa shape index (κ2) is 6.41. The van der Waals surface area contributed by atoms with E-state index in [0.29, 0.717) is 23.2 Å². The van der Waals surface area contributed by atoms with E-state index in [1.54, 1.807) is 19.2 Å². The molecule has 3 heterocycles. The van der Waals surface area contributed by atoms with Crippen LogP contribution in [0.1, 0.15) is 35.4 Å². The zero-order chi connectivity index (χ0) is 19.5. The number of hydrogen-bond donors (Lipinski definition) is 2. The Kier molecular flexibility index (Phi) is 4.09. The zero-order valence-electron chi connectivity index (χ0n) is 15.9. The van der Waals surface area contributed by atoms with Gasteiger partial charge in [0, 0.05) is 43.5 Å². The molecule has 0 saturated carbocycles. The molecule has 2 atom stereocenters. The van der Waals surface area contributed by atoms with Gasteiger partial charge in [-0.3, -0.25) is 0 Å². The van der Waals surface area contributed by atoms with Gasteiger partial charge < -0.3 is 15.5 Å². The van der Waals surface area contributed by atoms with Gasteiger partial charge in [-0.1, -0.05) is 6.07 Å². The summed E-state index contributed by atoms with van der Waals surface area (Å²) in [6.07, 6.45) is -1.29. The molecule has 0 bridgehead atoms. The molecule has 2 N–H and O–H groups in total. The number of halogens is 3. The molecule has 0 radical (unpaired) electrons. The minimum Gasteiger partial charge on any atom is -0.388 e. The highest BCUT2D eigenvalue weighted by Crippen LogP contribution is 2.50. The van der Waals surface area contributed by atoms with Gasteiger partial charge in [-0.05, 0) is 72.3 Å². The highest BCUT2D eigenvalue weighted by Gasteiger charge is 2.42. The van der Waals surface area contributed by atoms with E-state index in [1.807, 2.05) is 12.1 Å². The van der Waals surface area contributed by atoms with E-state index in [0.717, 1.165) is 38.9 Å². The highest BCUT2D eigenvalue weighted by molar-refractivity contribution is 5.79. The summed E-state index contributed by atoms with van der Waals surface area (Å²) in [5, 5.41) is 6.30. The molecule has 0 unspecified atom stereocenters.